The van der Waals surface area contributed by atoms with E-state index in [0.717, 1.165) is 30.8 Å². The van der Waals surface area contributed by atoms with Gasteiger partial charge in [0.15, 0.2) is 0 Å². The van der Waals surface area contributed by atoms with Crippen molar-refractivity contribution in [2.24, 2.45) is 11.0 Å². The lowest BCUT2D eigenvalue weighted by atomic mass is 9.84. The van der Waals surface area contributed by atoms with E-state index >= 15 is 0 Å². The third kappa shape index (κ3) is 3.83. The zero-order valence-corrected chi connectivity index (χ0v) is 9.03. The summed E-state index contributed by atoms with van der Waals surface area (Å²) in [5.74, 6) is -0.568. The summed E-state index contributed by atoms with van der Waals surface area (Å²) in [6.45, 7) is 1.85. The standard InChI is InChI=1S/C9H18N4O2/c1-9(5-3-2-4-6-9)11-13(12-15)7-8(10)14/h11H,2-7H2,1H3,(H2,10,14). The van der Waals surface area contributed by atoms with E-state index in [1.165, 1.54) is 6.42 Å². The lowest BCUT2D eigenvalue weighted by molar-refractivity contribution is -0.120. The van der Waals surface area contributed by atoms with Gasteiger partial charge in [-0.25, -0.2) is 5.43 Å². The Morgan fingerprint density at radius 3 is 2.53 bits per heavy atom. The average molecular weight is 214 g/mol. The maximum Gasteiger partial charge on any atom is 0.240 e. The first-order valence-electron chi connectivity index (χ1n) is 5.23. The number of nitrogens with two attached hydrogens (primary N) is 1. The fourth-order valence-electron chi connectivity index (χ4n) is 1.99. The van der Waals surface area contributed by atoms with Crippen molar-refractivity contribution >= 4 is 5.91 Å². The summed E-state index contributed by atoms with van der Waals surface area (Å²) in [6.07, 6.45) is 5.46. The molecule has 0 aliphatic heterocycles. The van der Waals surface area contributed by atoms with Crippen LogP contribution < -0.4 is 11.2 Å². The van der Waals surface area contributed by atoms with E-state index < -0.39 is 5.91 Å². The van der Waals surface area contributed by atoms with Gasteiger partial charge in [0.05, 0.1) is 5.29 Å². The maximum absolute atomic E-state index is 10.7. The van der Waals surface area contributed by atoms with Crippen molar-refractivity contribution in [2.45, 2.75) is 44.6 Å². The van der Waals surface area contributed by atoms with Gasteiger partial charge < -0.3 is 5.73 Å². The van der Waals surface area contributed by atoms with Gasteiger partial charge in [0, 0.05) is 5.54 Å². The predicted octanol–water partition coefficient (Wildman–Crippen LogP) is 0.682. The zero-order valence-electron chi connectivity index (χ0n) is 9.03. The molecule has 0 spiro atoms. The molecule has 0 atom stereocenters. The fraction of sp³-hybridized carbons (Fsp3) is 0.889. The van der Waals surface area contributed by atoms with Gasteiger partial charge in [0.25, 0.3) is 0 Å². The van der Waals surface area contributed by atoms with Crippen molar-refractivity contribution in [2.75, 3.05) is 6.54 Å². The molecule has 0 radical (unpaired) electrons. The van der Waals surface area contributed by atoms with Crippen molar-refractivity contribution < 1.29 is 4.79 Å². The summed E-state index contributed by atoms with van der Waals surface area (Å²) in [4.78, 5) is 21.1. The molecule has 0 heterocycles. The molecule has 0 aromatic heterocycles. The Morgan fingerprint density at radius 2 is 2.07 bits per heavy atom. The topological polar surface area (TPSA) is 87.8 Å². The summed E-state index contributed by atoms with van der Waals surface area (Å²) in [5, 5.41) is 3.73. The number of hydrazine groups is 1. The van der Waals surface area contributed by atoms with Gasteiger partial charge in [0.2, 0.25) is 5.91 Å². The second-order valence-corrected chi connectivity index (χ2v) is 4.34. The Labute approximate surface area is 89.1 Å². The Balaban J connectivity index is 2.48. The molecule has 1 aliphatic carbocycles. The van der Waals surface area contributed by atoms with Gasteiger partial charge in [-0.15, -0.1) is 4.91 Å². The third-order valence-corrected chi connectivity index (χ3v) is 2.76. The minimum Gasteiger partial charge on any atom is -0.368 e. The minimum absolute atomic E-state index is 0.137. The molecule has 0 aromatic carbocycles. The van der Waals surface area contributed by atoms with Crippen LogP contribution in [-0.2, 0) is 4.79 Å². The number of amides is 1. The molecular weight excluding hydrogens is 196 g/mol. The highest BCUT2D eigenvalue weighted by Crippen LogP contribution is 2.27. The first kappa shape index (κ1) is 11.9. The smallest absolute Gasteiger partial charge is 0.240 e. The van der Waals surface area contributed by atoms with Crippen LogP contribution in [0.3, 0.4) is 0 Å². The van der Waals surface area contributed by atoms with Gasteiger partial charge in [-0.2, -0.15) is 5.12 Å². The number of primary amides is 1. The van der Waals surface area contributed by atoms with Crippen LogP contribution >= 0.6 is 0 Å². The highest BCUT2D eigenvalue weighted by atomic mass is 16.3. The summed E-state index contributed by atoms with van der Waals surface area (Å²) >= 11 is 0. The van der Waals surface area contributed by atoms with Crippen molar-refractivity contribution in [1.82, 2.24) is 10.5 Å². The van der Waals surface area contributed by atoms with Crippen LogP contribution in [0.2, 0.25) is 0 Å². The number of nitroso groups, excluding NO2 is 1. The molecule has 0 bridgehead atoms. The van der Waals surface area contributed by atoms with Crippen LogP contribution in [0.1, 0.15) is 39.0 Å². The number of carbonyl (C=O) groups excluding carboxylic acids is 1. The molecule has 3 N–H and O–H groups in total. The van der Waals surface area contributed by atoms with Gasteiger partial charge in [-0.05, 0) is 19.8 Å². The van der Waals surface area contributed by atoms with Crippen LogP contribution in [0.5, 0.6) is 0 Å². The Bertz CT molecular complexity index is 238. The third-order valence-electron chi connectivity index (χ3n) is 2.76. The maximum atomic E-state index is 10.7. The molecule has 0 unspecified atom stereocenters. The number of nitrogens with zero attached hydrogens (tertiary/aromatic N) is 2. The monoisotopic (exact) mass is 214 g/mol. The van der Waals surface area contributed by atoms with E-state index in [-0.39, 0.29) is 12.1 Å². The normalized spacial score (nSPS) is 19.5. The van der Waals surface area contributed by atoms with Gasteiger partial charge in [-0.1, -0.05) is 19.3 Å². The molecule has 15 heavy (non-hydrogen) atoms. The first-order chi connectivity index (χ1) is 7.06. The highest BCUT2D eigenvalue weighted by Gasteiger charge is 2.29. The van der Waals surface area contributed by atoms with Crippen molar-refractivity contribution in [1.29, 1.82) is 0 Å². The quantitative estimate of drug-likeness (QED) is 0.520. The fourth-order valence-corrected chi connectivity index (χ4v) is 1.99. The van der Waals surface area contributed by atoms with Crippen LogP contribution in [0.25, 0.3) is 0 Å². The highest BCUT2D eigenvalue weighted by molar-refractivity contribution is 5.75. The van der Waals surface area contributed by atoms with E-state index in [4.69, 9.17) is 5.73 Å². The minimum atomic E-state index is -0.568. The molecule has 6 heteroatoms. The molecule has 1 saturated carbocycles. The largest absolute Gasteiger partial charge is 0.368 e. The molecule has 0 saturated heterocycles. The summed E-state index contributed by atoms with van der Waals surface area (Å²) in [5.41, 5.74) is 7.83. The lowest BCUT2D eigenvalue weighted by Gasteiger charge is -2.36. The van der Waals surface area contributed by atoms with Crippen LogP contribution in [0, 0.1) is 4.91 Å². The molecule has 1 amide bonds. The van der Waals surface area contributed by atoms with Gasteiger partial charge in [0.1, 0.15) is 6.54 Å². The molecule has 86 valence electrons. The lowest BCUT2D eigenvalue weighted by Crippen LogP contribution is -2.53. The second kappa shape index (κ2) is 5.06. The summed E-state index contributed by atoms with van der Waals surface area (Å²) in [7, 11) is 0. The van der Waals surface area contributed by atoms with Crippen molar-refractivity contribution in [3.05, 3.63) is 4.91 Å². The van der Waals surface area contributed by atoms with Crippen molar-refractivity contribution in [3.63, 3.8) is 0 Å². The molecule has 1 rings (SSSR count). The summed E-state index contributed by atoms with van der Waals surface area (Å²) < 4.78 is 0. The van der Waals surface area contributed by atoms with Gasteiger partial charge in [-0.3, -0.25) is 4.79 Å². The molecular formula is C9H18N4O2. The van der Waals surface area contributed by atoms with E-state index in [0.29, 0.717) is 0 Å². The van der Waals surface area contributed by atoms with Crippen LogP contribution in [-0.4, -0.2) is 23.1 Å². The summed E-state index contributed by atoms with van der Waals surface area (Å²) in [6, 6.07) is 0. The average Bonchev–Trinajstić information content (AvgIpc) is 2.16. The zero-order chi connectivity index (χ0) is 11.3. The molecule has 6 nitrogen and oxygen atoms in total. The van der Waals surface area contributed by atoms with Crippen LogP contribution in [0.15, 0.2) is 5.29 Å². The Hall–Kier alpha value is -1.17. The van der Waals surface area contributed by atoms with E-state index in [1.54, 1.807) is 0 Å². The Kier molecular flexibility index (Phi) is 4.02. The first-order valence-corrected chi connectivity index (χ1v) is 5.23. The number of carbonyl (C=O) groups is 1. The Morgan fingerprint density at radius 1 is 1.47 bits per heavy atom. The van der Waals surface area contributed by atoms with Crippen molar-refractivity contribution in [3.8, 4) is 0 Å². The predicted molar refractivity (Wildman–Crippen MR) is 56.3 cm³/mol. The SMILES string of the molecule is CC1(NN(CC(N)=O)N=O)CCCCC1. The van der Waals surface area contributed by atoms with Crippen LogP contribution in [0.4, 0.5) is 0 Å². The number of hydrogen-bond acceptors (Lipinski definition) is 4. The van der Waals surface area contributed by atoms with Gasteiger partial charge >= 0.3 is 0 Å². The van der Waals surface area contributed by atoms with E-state index in [2.05, 4.69) is 10.7 Å². The molecule has 0 aromatic rings. The van der Waals surface area contributed by atoms with E-state index in [1.807, 2.05) is 6.92 Å². The number of nitrogens with one attached hydrogen (secondary N) is 1. The number of rotatable bonds is 5. The number of hydrogen-bond donors (Lipinski definition) is 2. The molecule has 1 aliphatic rings. The molecule has 1 fully saturated rings. The second-order valence-electron chi connectivity index (χ2n) is 4.34. The van der Waals surface area contributed by atoms with E-state index in [9.17, 15) is 9.70 Å².